The normalized spacial score (nSPS) is 12.2. The first-order chi connectivity index (χ1) is 7.36. The van der Waals surface area contributed by atoms with Crippen molar-refractivity contribution in [2.45, 2.75) is 26.2 Å². The Bertz CT molecular complexity index is 364. The second-order valence-electron chi connectivity index (χ2n) is 4.27. The highest BCUT2D eigenvalue weighted by molar-refractivity contribution is 9.10. The molecule has 0 aliphatic rings. The number of aliphatic hydroxyl groups is 1. The SMILES string of the molecule is CC(C)Cc1ccc(C(F)(F)CO)cc1Br. The van der Waals surface area contributed by atoms with Crippen molar-refractivity contribution in [1.29, 1.82) is 0 Å². The summed E-state index contributed by atoms with van der Waals surface area (Å²) in [5.41, 5.74) is 0.849. The number of halogens is 3. The third-order valence-electron chi connectivity index (χ3n) is 2.30. The summed E-state index contributed by atoms with van der Waals surface area (Å²) < 4.78 is 27.0. The van der Waals surface area contributed by atoms with Crippen molar-refractivity contribution < 1.29 is 13.9 Å². The molecule has 0 aromatic heterocycles. The molecular formula is C12H15BrF2O. The molecule has 0 heterocycles. The van der Waals surface area contributed by atoms with E-state index in [2.05, 4.69) is 29.8 Å². The molecule has 16 heavy (non-hydrogen) atoms. The molecule has 0 amide bonds. The number of hydrogen-bond donors (Lipinski definition) is 1. The van der Waals surface area contributed by atoms with Crippen LogP contribution < -0.4 is 0 Å². The second-order valence-corrected chi connectivity index (χ2v) is 5.12. The van der Waals surface area contributed by atoms with Crippen molar-refractivity contribution in [2.75, 3.05) is 6.61 Å². The molecule has 4 heteroatoms. The highest BCUT2D eigenvalue weighted by atomic mass is 79.9. The van der Waals surface area contributed by atoms with Gasteiger partial charge in [0.05, 0.1) is 0 Å². The van der Waals surface area contributed by atoms with Gasteiger partial charge in [-0.15, -0.1) is 0 Å². The summed E-state index contributed by atoms with van der Waals surface area (Å²) in [6.07, 6.45) is 0.839. The van der Waals surface area contributed by atoms with Crippen LogP contribution in [0.5, 0.6) is 0 Å². The average molecular weight is 293 g/mol. The minimum Gasteiger partial charge on any atom is -0.390 e. The van der Waals surface area contributed by atoms with Gasteiger partial charge in [-0.05, 0) is 24.0 Å². The van der Waals surface area contributed by atoms with Crippen LogP contribution in [0.25, 0.3) is 0 Å². The third-order valence-corrected chi connectivity index (χ3v) is 3.04. The van der Waals surface area contributed by atoms with Crippen molar-refractivity contribution >= 4 is 15.9 Å². The zero-order valence-electron chi connectivity index (χ0n) is 9.30. The zero-order valence-corrected chi connectivity index (χ0v) is 10.9. The van der Waals surface area contributed by atoms with E-state index in [0.717, 1.165) is 12.0 Å². The number of rotatable bonds is 4. The molecule has 0 bridgehead atoms. The molecule has 1 aromatic carbocycles. The van der Waals surface area contributed by atoms with Crippen LogP contribution in [0.2, 0.25) is 0 Å². The molecule has 1 N–H and O–H groups in total. The van der Waals surface area contributed by atoms with Crippen LogP contribution >= 0.6 is 15.9 Å². The monoisotopic (exact) mass is 292 g/mol. The van der Waals surface area contributed by atoms with Crippen molar-refractivity contribution in [3.8, 4) is 0 Å². The smallest absolute Gasteiger partial charge is 0.295 e. The van der Waals surface area contributed by atoms with Crippen LogP contribution in [-0.2, 0) is 12.3 Å². The lowest BCUT2D eigenvalue weighted by molar-refractivity contribution is -0.0556. The maximum atomic E-state index is 13.2. The van der Waals surface area contributed by atoms with E-state index in [1.807, 2.05) is 0 Å². The van der Waals surface area contributed by atoms with Crippen LogP contribution in [0, 0.1) is 5.92 Å². The van der Waals surface area contributed by atoms with Crippen LogP contribution in [0.3, 0.4) is 0 Å². The van der Waals surface area contributed by atoms with Crippen molar-refractivity contribution in [3.05, 3.63) is 33.8 Å². The van der Waals surface area contributed by atoms with Crippen LogP contribution in [-0.4, -0.2) is 11.7 Å². The molecule has 0 saturated heterocycles. The molecule has 0 unspecified atom stereocenters. The zero-order chi connectivity index (χ0) is 12.3. The molecule has 0 fully saturated rings. The van der Waals surface area contributed by atoms with E-state index in [-0.39, 0.29) is 5.56 Å². The first kappa shape index (κ1) is 13.6. The van der Waals surface area contributed by atoms with E-state index in [9.17, 15) is 8.78 Å². The summed E-state index contributed by atoms with van der Waals surface area (Å²) in [7, 11) is 0. The number of benzene rings is 1. The van der Waals surface area contributed by atoms with Crippen molar-refractivity contribution in [2.24, 2.45) is 5.92 Å². The van der Waals surface area contributed by atoms with Gasteiger partial charge in [-0.2, -0.15) is 8.78 Å². The van der Waals surface area contributed by atoms with Gasteiger partial charge in [0.25, 0.3) is 5.92 Å². The first-order valence-corrected chi connectivity index (χ1v) is 5.93. The maximum absolute atomic E-state index is 13.2. The Balaban J connectivity index is 2.99. The van der Waals surface area contributed by atoms with Gasteiger partial charge in [-0.25, -0.2) is 0 Å². The van der Waals surface area contributed by atoms with Gasteiger partial charge in [-0.1, -0.05) is 41.9 Å². The van der Waals surface area contributed by atoms with E-state index in [0.29, 0.717) is 10.4 Å². The minimum atomic E-state index is -3.17. The van der Waals surface area contributed by atoms with Gasteiger partial charge in [0, 0.05) is 10.0 Å². The van der Waals surface area contributed by atoms with Crippen molar-refractivity contribution in [1.82, 2.24) is 0 Å². The summed E-state index contributed by atoms with van der Waals surface area (Å²) in [6.45, 7) is 2.98. The average Bonchev–Trinajstić information content (AvgIpc) is 2.20. The molecule has 0 aliphatic carbocycles. The lowest BCUT2D eigenvalue weighted by atomic mass is 10.00. The number of aliphatic hydroxyl groups excluding tert-OH is 1. The Morgan fingerprint density at radius 3 is 2.44 bits per heavy atom. The summed E-state index contributed by atoms with van der Waals surface area (Å²) >= 11 is 3.28. The lowest BCUT2D eigenvalue weighted by Gasteiger charge is -2.15. The molecule has 0 spiro atoms. The minimum absolute atomic E-state index is 0.158. The van der Waals surface area contributed by atoms with Gasteiger partial charge in [-0.3, -0.25) is 0 Å². The number of hydrogen-bond acceptors (Lipinski definition) is 1. The Morgan fingerprint density at radius 2 is 2.00 bits per heavy atom. The summed E-state index contributed by atoms with van der Waals surface area (Å²) in [5.74, 6) is -2.70. The van der Waals surface area contributed by atoms with E-state index in [1.54, 1.807) is 6.07 Å². The van der Waals surface area contributed by atoms with Crippen LogP contribution in [0.15, 0.2) is 22.7 Å². The third kappa shape index (κ3) is 3.25. The Labute approximate surface area is 103 Å². The van der Waals surface area contributed by atoms with Crippen molar-refractivity contribution in [3.63, 3.8) is 0 Å². The molecule has 1 rings (SSSR count). The quantitative estimate of drug-likeness (QED) is 0.896. The van der Waals surface area contributed by atoms with Gasteiger partial charge < -0.3 is 5.11 Å². The Morgan fingerprint density at radius 1 is 1.38 bits per heavy atom. The molecule has 90 valence electrons. The van der Waals surface area contributed by atoms with Gasteiger partial charge in [0.2, 0.25) is 0 Å². The fourth-order valence-electron chi connectivity index (χ4n) is 1.47. The largest absolute Gasteiger partial charge is 0.390 e. The van der Waals surface area contributed by atoms with Crippen LogP contribution in [0.1, 0.15) is 25.0 Å². The van der Waals surface area contributed by atoms with Gasteiger partial charge in [0.15, 0.2) is 0 Å². The van der Waals surface area contributed by atoms with E-state index >= 15 is 0 Å². The predicted molar refractivity (Wildman–Crippen MR) is 63.7 cm³/mol. The molecule has 0 atom stereocenters. The lowest BCUT2D eigenvalue weighted by Crippen LogP contribution is -2.18. The fraction of sp³-hybridized carbons (Fsp3) is 0.500. The van der Waals surface area contributed by atoms with Crippen LogP contribution in [0.4, 0.5) is 8.78 Å². The maximum Gasteiger partial charge on any atom is 0.295 e. The van der Waals surface area contributed by atoms with Gasteiger partial charge in [0.1, 0.15) is 6.61 Å². The number of alkyl halides is 2. The standard InChI is InChI=1S/C12H15BrF2O/c1-8(2)5-9-3-4-10(6-11(9)13)12(14,15)7-16/h3-4,6,8,16H,5,7H2,1-2H3. The molecule has 0 aliphatic heterocycles. The second kappa shape index (κ2) is 5.23. The summed E-state index contributed by atoms with van der Waals surface area (Å²) in [6, 6.07) is 4.44. The highest BCUT2D eigenvalue weighted by Crippen LogP contribution is 2.31. The summed E-state index contributed by atoms with van der Waals surface area (Å²) in [4.78, 5) is 0. The van der Waals surface area contributed by atoms with E-state index in [4.69, 9.17) is 5.11 Å². The molecule has 1 nitrogen and oxygen atoms in total. The molecule has 0 saturated carbocycles. The Kier molecular flexibility index (Phi) is 4.44. The topological polar surface area (TPSA) is 20.2 Å². The highest BCUT2D eigenvalue weighted by Gasteiger charge is 2.30. The van der Waals surface area contributed by atoms with Gasteiger partial charge >= 0.3 is 0 Å². The molecule has 1 aromatic rings. The van der Waals surface area contributed by atoms with E-state index < -0.39 is 12.5 Å². The fourth-order valence-corrected chi connectivity index (χ4v) is 2.01. The first-order valence-electron chi connectivity index (χ1n) is 5.14. The summed E-state index contributed by atoms with van der Waals surface area (Å²) in [5, 5.41) is 8.59. The molecular weight excluding hydrogens is 278 g/mol. The van der Waals surface area contributed by atoms with E-state index in [1.165, 1.54) is 12.1 Å². The molecule has 0 radical (unpaired) electrons. The predicted octanol–water partition coefficient (Wildman–Crippen LogP) is 3.73. The Hall–Kier alpha value is -0.480.